The van der Waals surface area contributed by atoms with Gasteiger partial charge in [0.15, 0.2) is 0 Å². The van der Waals surface area contributed by atoms with E-state index in [-0.39, 0.29) is 12.8 Å². The van der Waals surface area contributed by atoms with Crippen molar-refractivity contribution in [2.24, 2.45) is 11.8 Å². The Bertz CT molecular complexity index is 193. The molecule has 0 aromatic heterocycles. The summed E-state index contributed by atoms with van der Waals surface area (Å²) in [5, 5.41) is 17.0. The number of alkyl halides is 1. The van der Waals surface area contributed by atoms with Gasteiger partial charge in [0.25, 0.3) is 0 Å². The fourth-order valence-corrected chi connectivity index (χ4v) is 1.52. The van der Waals surface area contributed by atoms with Crippen molar-refractivity contribution >= 4 is 11.9 Å². The molecule has 0 spiro atoms. The van der Waals surface area contributed by atoms with Crippen molar-refractivity contribution in [1.82, 2.24) is 0 Å². The Hall–Kier alpha value is -1.13. The molecule has 0 aliphatic heterocycles. The van der Waals surface area contributed by atoms with Crippen LogP contribution in [0.5, 0.6) is 0 Å². The molecule has 0 aromatic rings. The van der Waals surface area contributed by atoms with Crippen molar-refractivity contribution < 1.29 is 24.2 Å². The summed E-state index contributed by atoms with van der Waals surface area (Å²) in [5.41, 5.74) is 0. The Morgan fingerprint density at radius 3 is 1.67 bits per heavy atom. The molecule has 1 saturated carbocycles. The molecule has 12 heavy (non-hydrogen) atoms. The number of rotatable bonds is 2. The van der Waals surface area contributed by atoms with Gasteiger partial charge in [0.2, 0.25) is 0 Å². The Kier molecular flexibility index (Phi) is 2.30. The van der Waals surface area contributed by atoms with Crippen molar-refractivity contribution in [3.8, 4) is 0 Å². The molecule has 0 bridgehead atoms. The third-order valence-corrected chi connectivity index (χ3v) is 2.14. The summed E-state index contributed by atoms with van der Waals surface area (Å²) in [4.78, 5) is 20.9. The fraction of sp³-hybridized carbons (Fsp3) is 0.714. The highest BCUT2D eigenvalue weighted by atomic mass is 19.1. The van der Waals surface area contributed by atoms with Crippen molar-refractivity contribution in [1.29, 1.82) is 0 Å². The minimum absolute atomic E-state index is 0.174. The molecule has 0 saturated heterocycles. The van der Waals surface area contributed by atoms with Gasteiger partial charge >= 0.3 is 11.9 Å². The van der Waals surface area contributed by atoms with Crippen molar-refractivity contribution in [2.45, 2.75) is 19.0 Å². The normalized spacial score (nSPS) is 34.9. The van der Waals surface area contributed by atoms with E-state index in [1.165, 1.54) is 0 Å². The number of carboxylic acids is 2. The summed E-state index contributed by atoms with van der Waals surface area (Å²) in [7, 11) is 0. The third kappa shape index (κ3) is 1.54. The number of hydrogen-bond donors (Lipinski definition) is 2. The van der Waals surface area contributed by atoms with Crippen molar-refractivity contribution in [3.05, 3.63) is 0 Å². The average molecular weight is 176 g/mol. The van der Waals surface area contributed by atoms with Crippen LogP contribution in [0.2, 0.25) is 0 Å². The Morgan fingerprint density at radius 1 is 1.08 bits per heavy atom. The lowest BCUT2D eigenvalue weighted by Gasteiger charge is -2.08. The molecular weight excluding hydrogens is 167 g/mol. The number of carboxylic acid groups (broad SMARTS) is 2. The molecule has 1 aliphatic rings. The van der Waals surface area contributed by atoms with Crippen LogP contribution >= 0.6 is 0 Å². The maximum atomic E-state index is 12.6. The van der Waals surface area contributed by atoms with E-state index < -0.39 is 29.9 Å². The van der Waals surface area contributed by atoms with Crippen LogP contribution in [0.15, 0.2) is 0 Å². The maximum Gasteiger partial charge on any atom is 0.307 e. The molecule has 2 N–H and O–H groups in total. The van der Waals surface area contributed by atoms with Gasteiger partial charge in [-0.05, 0) is 12.8 Å². The van der Waals surface area contributed by atoms with Gasteiger partial charge in [0.1, 0.15) is 6.17 Å². The van der Waals surface area contributed by atoms with Gasteiger partial charge < -0.3 is 10.2 Å². The molecule has 4 nitrogen and oxygen atoms in total. The molecule has 1 aliphatic carbocycles. The highest BCUT2D eigenvalue weighted by Gasteiger charge is 2.43. The van der Waals surface area contributed by atoms with E-state index in [1.807, 2.05) is 0 Å². The first kappa shape index (κ1) is 8.96. The van der Waals surface area contributed by atoms with E-state index in [9.17, 15) is 14.0 Å². The van der Waals surface area contributed by atoms with Crippen LogP contribution in [0.3, 0.4) is 0 Å². The molecular formula is C7H9FO4. The van der Waals surface area contributed by atoms with Crippen LogP contribution in [0.25, 0.3) is 0 Å². The highest BCUT2D eigenvalue weighted by molar-refractivity contribution is 5.80. The summed E-state index contributed by atoms with van der Waals surface area (Å²) in [6.45, 7) is 0. The zero-order valence-corrected chi connectivity index (χ0v) is 6.24. The lowest BCUT2D eigenvalue weighted by molar-refractivity contribution is -0.152. The van der Waals surface area contributed by atoms with E-state index >= 15 is 0 Å². The van der Waals surface area contributed by atoms with E-state index in [0.717, 1.165) is 0 Å². The molecule has 0 aromatic carbocycles. The molecule has 1 rings (SSSR count). The van der Waals surface area contributed by atoms with E-state index in [0.29, 0.717) is 0 Å². The second-order valence-electron chi connectivity index (χ2n) is 2.96. The first-order valence-corrected chi connectivity index (χ1v) is 3.62. The zero-order valence-electron chi connectivity index (χ0n) is 6.24. The maximum absolute atomic E-state index is 12.6. The minimum atomic E-state index is -1.28. The largest absolute Gasteiger partial charge is 0.481 e. The van der Waals surface area contributed by atoms with Gasteiger partial charge in [-0.3, -0.25) is 9.59 Å². The second kappa shape index (κ2) is 3.08. The monoisotopic (exact) mass is 176 g/mol. The van der Waals surface area contributed by atoms with E-state index in [4.69, 9.17) is 10.2 Å². The molecule has 2 atom stereocenters. The predicted octanol–water partition coefficient (Wildman–Crippen LogP) is 0.520. The summed E-state index contributed by atoms with van der Waals surface area (Å²) in [5.74, 6) is -4.56. The fourth-order valence-electron chi connectivity index (χ4n) is 1.52. The topological polar surface area (TPSA) is 74.6 Å². The quantitative estimate of drug-likeness (QED) is 0.643. The molecule has 2 unspecified atom stereocenters. The lowest BCUT2D eigenvalue weighted by atomic mass is 9.97. The molecule has 68 valence electrons. The van der Waals surface area contributed by atoms with Crippen LogP contribution < -0.4 is 0 Å². The minimum Gasteiger partial charge on any atom is -0.481 e. The molecule has 0 radical (unpaired) electrons. The molecule has 0 heterocycles. The first-order valence-electron chi connectivity index (χ1n) is 3.62. The number of aliphatic carboxylic acids is 2. The van der Waals surface area contributed by atoms with Crippen LogP contribution in [0.1, 0.15) is 12.8 Å². The first-order chi connectivity index (χ1) is 5.52. The number of carbonyl (C=O) groups is 2. The standard InChI is InChI=1S/C7H9FO4/c8-3-1-4(6(9)10)5(2-3)7(11)12/h3-5H,1-2H2,(H,9,10)(H,11,12). The number of halogens is 1. The van der Waals surface area contributed by atoms with E-state index in [2.05, 4.69) is 0 Å². The van der Waals surface area contributed by atoms with Gasteiger partial charge in [-0.15, -0.1) is 0 Å². The lowest BCUT2D eigenvalue weighted by Crippen LogP contribution is -2.24. The second-order valence-corrected chi connectivity index (χ2v) is 2.96. The summed E-state index contributed by atoms with van der Waals surface area (Å²) < 4.78 is 12.6. The van der Waals surface area contributed by atoms with Crippen LogP contribution in [-0.2, 0) is 9.59 Å². The average Bonchev–Trinajstić information content (AvgIpc) is 2.31. The predicted molar refractivity (Wildman–Crippen MR) is 36.4 cm³/mol. The Morgan fingerprint density at radius 2 is 1.42 bits per heavy atom. The summed E-state index contributed by atoms with van der Waals surface area (Å²) >= 11 is 0. The van der Waals surface area contributed by atoms with Crippen LogP contribution in [0, 0.1) is 11.8 Å². The Labute approximate surface area is 68.0 Å². The van der Waals surface area contributed by atoms with Gasteiger partial charge in [0.05, 0.1) is 11.8 Å². The van der Waals surface area contributed by atoms with Gasteiger partial charge in [0, 0.05) is 0 Å². The van der Waals surface area contributed by atoms with Gasteiger partial charge in [-0.1, -0.05) is 0 Å². The molecule has 1 fully saturated rings. The van der Waals surface area contributed by atoms with Crippen molar-refractivity contribution in [2.75, 3.05) is 0 Å². The van der Waals surface area contributed by atoms with Gasteiger partial charge in [-0.2, -0.15) is 0 Å². The molecule has 5 heteroatoms. The highest BCUT2D eigenvalue weighted by Crippen LogP contribution is 2.34. The SMILES string of the molecule is O=C(O)C1CC(F)CC1C(=O)O. The zero-order chi connectivity index (χ0) is 9.30. The van der Waals surface area contributed by atoms with E-state index in [1.54, 1.807) is 0 Å². The number of hydrogen-bond acceptors (Lipinski definition) is 2. The van der Waals surface area contributed by atoms with Crippen LogP contribution in [-0.4, -0.2) is 28.3 Å². The Balaban J connectivity index is 2.72. The summed E-state index contributed by atoms with van der Waals surface area (Å²) in [6, 6.07) is 0. The molecule has 0 amide bonds. The van der Waals surface area contributed by atoms with Gasteiger partial charge in [-0.25, -0.2) is 4.39 Å². The summed E-state index contributed by atoms with van der Waals surface area (Å²) in [6.07, 6.45) is -1.63. The third-order valence-electron chi connectivity index (χ3n) is 2.14. The van der Waals surface area contributed by atoms with Crippen molar-refractivity contribution in [3.63, 3.8) is 0 Å². The smallest absolute Gasteiger partial charge is 0.307 e. The van der Waals surface area contributed by atoms with Crippen LogP contribution in [0.4, 0.5) is 4.39 Å².